The average Bonchev–Trinajstić information content (AvgIpc) is 2.73. The predicted molar refractivity (Wildman–Crippen MR) is 120 cm³/mol. The molecule has 16 nitrogen and oxygen atoms in total. The van der Waals surface area contributed by atoms with Crippen LogP contribution in [0.3, 0.4) is 0 Å². The smallest absolute Gasteiger partial charge is 0.364 e. The van der Waals surface area contributed by atoms with Crippen molar-refractivity contribution in [2.45, 2.75) is 101 Å². The van der Waals surface area contributed by atoms with Crippen LogP contribution >= 0.6 is 0 Å². The summed E-state index contributed by atoms with van der Waals surface area (Å²) in [7, 11) is 0. The summed E-state index contributed by atoms with van der Waals surface area (Å²) in [6.07, 6.45) is -11.2. The minimum Gasteiger partial charge on any atom is -0.477 e. The van der Waals surface area contributed by atoms with E-state index < -0.39 is 97.0 Å². The number of carbonyl (C=O) groups excluding carboxylic acids is 2. The zero-order chi connectivity index (χ0) is 27.5. The molecule has 11 atom stereocenters. The quantitative estimate of drug-likeness (QED) is 0.108. The SMILES string of the molecule is CC(=O)N[C@@H]1[C@@H]([C@@H](NC(C)=O)[C@@H](C)O)O[C@](O[C@@H]2[C@H](O)[C@H](C)OC(O)[C@H]2N=C(N)N)(C(=O)O)C[C@H]1O. The number of aliphatic imine (C=N–C) groups is 1. The van der Waals surface area contributed by atoms with Crippen LogP contribution in [-0.2, 0) is 28.6 Å². The Morgan fingerprint density at radius 2 is 1.78 bits per heavy atom. The van der Waals surface area contributed by atoms with Crippen LogP contribution < -0.4 is 22.1 Å². The number of nitrogens with zero attached hydrogens (tertiary/aromatic N) is 1. The van der Waals surface area contributed by atoms with E-state index in [-0.39, 0.29) is 0 Å². The largest absolute Gasteiger partial charge is 0.477 e. The summed E-state index contributed by atoms with van der Waals surface area (Å²) in [4.78, 5) is 39.9. The maximum absolute atomic E-state index is 12.5. The second-order valence-electron chi connectivity index (χ2n) is 8.95. The number of hydrogen-bond acceptors (Lipinski definition) is 11. The molecule has 0 aromatic heterocycles. The highest BCUT2D eigenvalue weighted by molar-refractivity contribution is 5.77. The molecule has 0 bridgehead atoms. The van der Waals surface area contributed by atoms with Gasteiger partial charge in [-0.25, -0.2) is 9.79 Å². The minimum absolute atomic E-state index is 0.518. The van der Waals surface area contributed by atoms with Crippen LogP contribution in [0, 0.1) is 0 Å². The molecular weight excluding hydrogens is 486 g/mol. The molecule has 1 unspecified atom stereocenters. The number of aliphatic hydroxyl groups is 4. The van der Waals surface area contributed by atoms with Crippen LogP contribution in [0.2, 0.25) is 0 Å². The summed E-state index contributed by atoms with van der Waals surface area (Å²) >= 11 is 0. The molecule has 2 saturated heterocycles. The number of nitrogens with two attached hydrogens (primary N) is 2. The van der Waals surface area contributed by atoms with E-state index in [1.165, 1.54) is 13.8 Å². The third-order valence-corrected chi connectivity index (χ3v) is 5.94. The molecule has 0 spiro atoms. The summed E-state index contributed by atoms with van der Waals surface area (Å²) in [6, 6.07) is -4.08. The molecule has 2 aliphatic rings. The Morgan fingerprint density at radius 1 is 1.17 bits per heavy atom. The van der Waals surface area contributed by atoms with Gasteiger partial charge in [-0.05, 0) is 13.8 Å². The lowest BCUT2D eigenvalue weighted by atomic mass is 9.87. The molecule has 2 aliphatic heterocycles. The lowest BCUT2D eigenvalue weighted by Crippen LogP contribution is -2.71. The number of amides is 2. The van der Waals surface area contributed by atoms with Crippen LogP contribution in [0.4, 0.5) is 0 Å². The van der Waals surface area contributed by atoms with E-state index in [1.807, 2.05) is 0 Å². The van der Waals surface area contributed by atoms with Crippen molar-refractivity contribution in [2.75, 3.05) is 0 Å². The highest BCUT2D eigenvalue weighted by Gasteiger charge is 2.59. The molecule has 0 aromatic carbocycles. The van der Waals surface area contributed by atoms with Crippen molar-refractivity contribution in [2.24, 2.45) is 16.5 Å². The van der Waals surface area contributed by atoms with Gasteiger partial charge in [0.15, 0.2) is 12.2 Å². The van der Waals surface area contributed by atoms with Crippen LogP contribution in [-0.4, -0.2) is 116 Å². The molecule has 206 valence electrons. The van der Waals surface area contributed by atoms with Gasteiger partial charge in [0.05, 0.1) is 30.4 Å². The Bertz CT molecular complexity index is 836. The lowest BCUT2D eigenvalue weighted by molar-refractivity contribution is -0.343. The summed E-state index contributed by atoms with van der Waals surface area (Å²) in [5, 5.41) is 57.3. The fourth-order valence-corrected chi connectivity index (χ4v) is 4.33. The number of ether oxygens (including phenoxy) is 3. The molecule has 36 heavy (non-hydrogen) atoms. The monoisotopic (exact) mass is 521 g/mol. The number of carbonyl (C=O) groups is 3. The third kappa shape index (κ3) is 6.58. The fraction of sp³-hybridized carbons (Fsp3) is 0.800. The highest BCUT2D eigenvalue weighted by Crippen LogP contribution is 2.37. The van der Waals surface area contributed by atoms with Crippen molar-refractivity contribution in [1.29, 1.82) is 0 Å². The van der Waals surface area contributed by atoms with Gasteiger partial charge >= 0.3 is 5.97 Å². The van der Waals surface area contributed by atoms with Gasteiger partial charge < -0.3 is 61.8 Å². The first kappa shape index (κ1) is 29.6. The Hall–Kier alpha value is -2.60. The van der Waals surface area contributed by atoms with Crippen molar-refractivity contribution < 1.29 is 54.1 Å². The maximum Gasteiger partial charge on any atom is 0.364 e. The molecule has 2 rings (SSSR count). The Balaban J connectivity index is 2.57. The first-order valence-electron chi connectivity index (χ1n) is 11.2. The van der Waals surface area contributed by atoms with Gasteiger partial charge in [0.25, 0.3) is 5.79 Å². The summed E-state index contributed by atoms with van der Waals surface area (Å²) in [5.41, 5.74) is 10.8. The minimum atomic E-state index is -2.70. The molecule has 0 aromatic rings. The third-order valence-electron chi connectivity index (χ3n) is 5.94. The van der Waals surface area contributed by atoms with Crippen LogP contribution in [0.1, 0.15) is 34.1 Å². The first-order valence-corrected chi connectivity index (χ1v) is 11.2. The molecule has 2 fully saturated rings. The summed E-state index contributed by atoms with van der Waals surface area (Å²) in [6.45, 7) is 4.96. The standard InChI is InChI=1S/C20H35N5O11/c1-6(26)11(23-8(3)27)15-12(24-9(4)28)10(29)5-20(35-15,18(32)33)36-16-13(25-19(21)22)17(31)34-7(2)14(16)30/h6-7,10-17,26,29-31H,5H2,1-4H3,(H,23,27)(H,24,28)(H,32,33)(H4,21,22,25)/t6-,7+,10-,11+,12+,13+,14-,15-,16+,17?,20-/m1/s1. The molecule has 0 aliphatic carbocycles. The fourth-order valence-electron chi connectivity index (χ4n) is 4.33. The summed E-state index contributed by atoms with van der Waals surface area (Å²) in [5.74, 6) is -6.19. The normalized spacial score (nSPS) is 38.3. The molecular formula is C20H35N5O11. The van der Waals surface area contributed by atoms with Crippen LogP contribution in [0.5, 0.6) is 0 Å². The van der Waals surface area contributed by atoms with Crippen LogP contribution in [0.15, 0.2) is 4.99 Å². The Labute approximate surface area is 206 Å². The van der Waals surface area contributed by atoms with Crippen molar-refractivity contribution in [3.05, 3.63) is 0 Å². The van der Waals surface area contributed by atoms with Gasteiger partial charge in [-0.3, -0.25) is 9.59 Å². The average molecular weight is 522 g/mol. The highest BCUT2D eigenvalue weighted by atomic mass is 16.7. The molecule has 2 heterocycles. The number of aliphatic carboxylic acids is 1. The van der Waals surface area contributed by atoms with Crippen molar-refractivity contribution in [3.63, 3.8) is 0 Å². The van der Waals surface area contributed by atoms with E-state index in [9.17, 15) is 39.9 Å². The van der Waals surface area contributed by atoms with Crippen LogP contribution in [0.25, 0.3) is 0 Å². The topological polar surface area (TPSA) is 269 Å². The number of rotatable bonds is 8. The van der Waals surface area contributed by atoms with Gasteiger partial charge in [0, 0.05) is 20.3 Å². The molecule has 2 amide bonds. The number of aliphatic hydroxyl groups excluding tert-OH is 4. The summed E-state index contributed by atoms with van der Waals surface area (Å²) < 4.78 is 16.7. The molecule has 11 N–H and O–H groups in total. The van der Waals surface area contributed by atoms with Gasteiger partial charge in [-0.1, -0.05) is 0 Å². The first-order chi connectivity index (χ1) is 16.6. The molecule has 0 saturated carbocycles. The Morgan fingerprint density at radius 3 is 2.25 bits per heavy atom. The zero-order valence-corrected chi connectivity index (χ0v) is 20.3. The number of hydrogen-bond donors (Lipinski definition) is 9. The van der Waals surface area contributed by atoms with E-state index in [4.69, 9.17) is 25.7 Å². The van der Waals surface area contributed by atoms with Gasteiger partial charge in [-0.15, -0.1) is 0 Å². The van der Waals surface area contributed by atoms with Crippen molar-refractivity contribution >= 4 is 23.7 Å². The van der Waals surface area contributed by atoms with Gasteiger partial charge in [-0.2, -0.15) is 0 Å². The maximum atomic E-state index is 12.5. The predicted octanol–water partition coefficient (Wildman–Crippen LogP) is -4.57. The number of carboxylic acid groups (broad SMARTS) is 1. The Kier molecular flexibility index (Phi) is 9.58. The molecule has 16 heteroatoms. The second kappa shape index (κ2) is 11.6. The number of guanidine groups is 1. The number of nitrogens with one attached hydrogen (secondary N) is 2. The lowest BCUT2D eigenvalue weighted by Gasteiger charge is -2.50. The van der Waals surface area contributed by atoms with Gasteiger partial charge in [0.1, 0.15) is 24.4 Å². The van der Waals surface area contributed by atoms with E-state index >= 15 is 0 Å². The zero-order valence-electron chi connectivity index (χ0n) is 20.3. The van der Waals surface area contributed by atoms with E-state index in [1.54, 1.807) is 0 Å². The second-order valence-corrected chi connectivity index (χ2v) is 8.95. The number of carboxylic acids is 1. The van der Waals surface area contributed by atoms with E-state index in [2.05, 4.69) is 15.6 Å². The van der Waals surface area contributed by atoms with Crippen molar-refractivity contribution in [1.82, 2.24) is 10.6 Å². The van der Waals surface area contributed by atoms with Crippen molar-refractivity contribution in [3.8, 4) is 0 Å². The van der Waals surface area contributed by atoms with Gasteiger partial charge in [0.2, 0.25) is 11.8 Å². The molecule has 0 radical (unpaired) electrons. The van der Waals surface area contributed by atoms with E-state index in [0.717, 1.165) is 13.8 Å². The van der Waals surface area contributed by atoms with E-state index in [0.29, 0.717) is 0 Å².